The van der Waals surface area contributed by atoms with Crippen molar-refractivity contribution >= 4 is 17.5 Å². The maximum atomic E-state index is 13.8. The molecule has 4 rings (SSSR count). The topological polar surface area (TPSA) is 76.5 Å². The van der Waals surface area contributed by atoms with E-state index in [1.807, 2.05) is 68.7 Å². The van der Waals surface area contributed by atoms with Crippen molar-refractivity contribution in [2.24, 2.45) is 0 Å². The smallest absolute Gasteiger partial charge is 0.263 e. The summed E-state index contributed by atoms with van der Waals surface area (Å²) in [5.74, 6) is 0.175. The van der Waals surface area contributed by atoms with Crippen LogP contribution in [-0.2, 0) is 4.79 Å². The molecule has 0 fully saturated rings. The number of aryl methyl sites for hydroxylation is 1. The lowest BCUT2D eigenvalue weighted by molar-refractivity contribution is -0.128. The Morgan fingerprint density at radius 1 is 1.15 bits per heavy atom. The van der Waals surface area contributed by atoms with Crippen LogP contribution in [0.15, 0.2) is 54.9 Å². The SMILES string of the molecule is CCC(CC)NC(=O)C1CN(C(=O)c2cc(C)n(-c3cccnc3)c2C)c2ccccc2O1. The van der Waals surface area contributed by atoms with E-state index in [9.17, 15) is 9.59 Å². The summed E-state index contributed by atoms with van der Waals surface area (Å²) >= 11 is 0. The summed E-state index contributed by atoms with van der Waals surface area (Å²) in [6, 6.07) is 13.2. The number of nitrogens with zero attached hydrogens (tertiary/aromatic N) is 3. The molecule has 1 N–H and O–H groups in total. The lowest BCUT2D eigenvalue weighted by atomic mass is 10.1. The number of pyridine rings is 1. The number of carbonyl (C=O) groups excluding carboxylic acids is 2. The van der Waals surface area contributed by atoms with Gasteiger partial charge in [-0.3, -0.25) is 14.6 Å². The Morgan fingerprint density at radius 3 is 2.61 bits per heavy atom. The van der Waals surface area contributed by atoms with Crippen LogP contribution in [0.2, 0.25) is 0 Å². The Balaban J connectivity index is 1.68. The van der Waals surface area contributed by atoms with Gasteiger partial charge in [-0.25, -0.2) is 0 Å². The highest BCUT2D eigenvalue weighted by molar-refractivity contribution is 6.09. The number of hydrogen-bond donors (Lipinski definition) is 1. The van der Waals surface area contributed by atoms with Gasteiger partial charge >= 0.3 is 0 Å². The number of amides is 2. The van der Waals surface area contributed by atoms with E-state index in [4.69, 9.17) is 4.74 Å². The molecular weight excluding hydrogens is 416 g/mol. The van der Waals surface area contributed by atoms with Gasteiger partial charge in [0.2, 0.25) is 0 Å². The molecule has 1 aromatic carbocycles. The van der Waals surface area contributed by atoms with Crippen molar-refractivity contribution in [2.45, 2.75) is 52.7 Å². The van der Waals surface area contributed by atoms with Crippen LogP contribution >= 0.6 is 0 Å². The monoisotopic (exact) mass is 446 g/mol. The van der Waals surface area contributed by atoms with Crippen LogP contribution in [0.5, 0.6) is 5.75 Å². The minimum Gasteiger partial charge on any atom is -0.477 e. The molecule has 0 saturated carbocycles. The molecule has 2 aromatic heterocycles. The van der Waals surface area contributed by atoms with Gasteiger partial charge in [-0.2, -0.15) is 0 Å². The minimum atomic E-state index is -0.772. The first-order valence-electron chi connectivity index (χ1n) is 11.4. The van der Waals surface area contributed by atoms with E-state index in [1.54, 1.807) is 23.4 Å². The van der Waals surface area contributed by atoms with Crippen LogP contribution in [0.1, 0.15) is 48.4 Å². The standard InChI is InChI=1S/C26H30N4O3/c1-5-19(6-2)28-25(31)24-16-29(22-11-7-8-12-23(22)33-24)26(32)21-14-17(3)30(18(21)4)20-10-9-13-27-15-20/h7-15,19,24H,5-6,16H2,1-4H3,(H,28,31). The minimum absolute atomic E-state index is 0.0841. The van der Waals surface area contributed by atoms with Gasteiger partial charge in [0.05, 0.1) is 29.7 Å². The second-order valence-corrected chi connectivity index (χ2v) is 8.34. The fourth-order valence-corrected chi connectivity index (χ4v) is 4.36. The van der Waals surface area contributed by atoms with Gasteiger partial charge in [-0.05, 0) is 57.0 Å². The Bertz CT molecular complexity index is 1150. The molecule has 1 aliphatic heterocycles. The lowest BCUT2D eigenvalue weighted by Gasteiger charge is -2.34. The molecule has 7 heteroatoms. The summed E-state index contributed by atoms with van der Waals surface area (Å²) in [4.78, 5) is 32.6. The zero-order valence-electron chi connectivity index (χ0n) is 19.5. The number of ether oxygens (including phenoxy) is 1. The quantitative estimate of drug-likeness (QED) is 0.616. The Kier molecular flexibility index (Phi) is 6.49. The molecule has 1 aliphatic rings. The maximum Gasteiger partial charge on any atom is 0.263 e. The summed E-state index contributed by atoms with van der Waals surface area (Å²) in [5, 5.41) is 3.05. The molecular formula is C26H30N4O3. The predicted octanol–water partition coefficient (Wildman–Crippen LogP) is 4.20. The fourth-order valence-electron chi connectivity index (χ4n) is 4.36. The van der Waals surface area contributed by atoms with Crippen molar-refractivity contribution in [2.75, 3.05) is 11.4 Å². The van der Waals surface area contributed by atoms with E-state index >= 15 is 0 Å². The van der Waals surface area contributed by atoms with Gasteiger partial charge in [0.1, 0.15) is 5.75 Å². The van der Waals surface area contributed by atoms with Crippen molar-refractivity contribution in [1.29, 1.82) is 0 Å². The molecule has 33 heavy (non-hydrogen) atoms. The molecule has 0 bridgehead atoms. The zero-order valence-corrected chi connectivity index (χ0v) is 19.5. The number of carbonyl (C=O) groups is 2. The Hall–Kier alpha value is -3.61. The summed E-state index contributed by atoms with van der Waals surface area (Å²) in [7, 11) is 0. The summed E-state index contributed by atoms with van der Waals surface area (Å²) in [5.41, 5.74) is 3.92. The third kappa shape index (κ3) is 4.35. The second kappa shape index (κ2) is 9.48. The Morgan fingerprint density at radius 2 is 1.91 bits per heavy atom. The van der Waals surface area contributed by atoms with E-state index in [0.717, 1.165) is 29.9 Å². The highest BCUT2D eigenvalue weighted by Crippen LogP contribution is 2.35. The average molecular weight is 447 g/mol. The van der Waals surface area contributed by atoms with E-state index in [-0.39, 0.29) is 24.4 Å². The number of para-hydroxylation sites is 2. The average Bonchev–Trinajstić information content (AvgIpc) is 3.15. The van der Waals surface area contributed by atoms with Crippen LogP contribution in [-0.4, -0.2) is 40.1 Å². The highest BCUT2D eigenvalue weighted by atomic mass is 16.5. The molecule has 172 valence electrons. The molecule has 2 amide bonds. The lowest BCUT2D eigenvalue weighted by Crippen LogP contribution is -2.52. The highest BCUT2D eigenvalue weighted by Gasteiger charge is 2.35. The van der Waals surface area contributed by atoms with Gasteiger partial charge in [0.25, 0.3) is 11.8 Å². The normalized spacial score (nSPS) is 15.2. The molecule has 0 spiro atoms. The third-order valence-corrected chi connectivity index (χ3v) is 6.21. The molecule has 3 heterocycles. The molecule has 0 saturated heterocycles. The largest absolute Gasteiger partial charge is 0.477 e. The van der Waals surface area contributed by atoms with Gasteiger partial charge < -0.3 is 19.5 Å². The molecule has 0 aliphatic carbocycles. The van der Waals surface area contributed by atoms with Crippen LogP contribution in [0.4, 0.5) is 5.69 Å². The Labute approximate surface area is 194 Å². The summed E-state index contributed by atoms with van der Waals surface area (Å²) in [6.45, 7) is 8.13. The summed E-state index contributed by atoms with van der Waals surface area (Å²) in [6.07, 6.45) is 4.41. The van der Waals surface area contributed by atoms with Crippen molar-refractivity contribution in [3.63, 3.8) is 0 Å². The number of benzene rings is 1. The second-order valence-electron chi connectivity index (χ2n) is 8.34. The van der Waals surface area contributed by atoms with E-state index in [2.05, 4.69) is 10.3 Å². The van der Waals surface area contributed by atoms with Crippen LogP contribution < -0.4 is 15.0 Å². The number of fused-ring (bicyclic) bond motifs is 1. The van der Waals surface area contributed by atoms with Crippen LogP contribution in [0.3, 0.4) is 0 Å². The van der Waals surface area contributed by atoms with Crippen molar-refractivity contribution in [1.82, 2.24) is 14.9 Å². The van der Waals surface area contributed by atoms with Crippen molar-refractivity contribution in [3.05, 3.63) is 71.8 Å². The molecule has 3 aromatic rings. The zero-order chi connectivity index (χ0) is 23.5. The number of hydrogen-bond acceptors (Lipinski definition) is 4. The molecule has 7 nitrogen and oxygen atoms in total. The van der Waals surface area contributed by atoms with Crippen LogP contribution in [0, 0.1) is 13.8 Å². The third-order valence-electron chi connectivity index (χ3n) is 6.21. The first-order valence-corrected chi connectivity index (χ1v) is 11.4. The first kappa shape index (κ1) is 22.6. The fraction of sp³-hybridized carbons (Fsp3) is 0.346. The number of anilines is 1. The van der Waals surface area contributed by atoms with Gasteiger partial charge in [0.15, 0.2) is 6.10 Å². The van der Waals surface area contributed by atoms with Gasteiger partial charge in [0, 0.05) is 23.6 Å². The number of rotatable bonds is 6. The van der Waals surface area contributed by atoms with E-state index < -0.39 is 6.10 Å². The first-order chi connectivity index (χ1) is 15.9. The molecule has 1 atom stereocenters. The maximum absolute atomic E-state index is 13.8. The van der Waals surface area contributed by atoms with E-state index in [1.165, 1.54) is 0 Å². The number of nitrogens with one attached hydrogen (secondary N) is 1. The van der Waals surface area contributed by atoms with Crippen molar-refractivity contribution < 1.29 is 14.3 Å². The molecule has 1 unspecified atom stereocenters. The number of aromatic nitrogens is 2. The van der Waals surface area contributed by atoms with Gasteiger partial charge in [-0.1, -0.05) is 26.0 Å². The van der Waals surface area contributed by atoms with E-state index in [0.29, 0.717) is 17.0 Å². The molecule has 0 radical (unpaired) electrons. The van der Waals surface area contributed by atoms with Crippen LogP contribution in [0.25, 0.3) is 5.69 Å². The van der Waals surface area contributed by atoms with Crippen molar-refractivity contribution in [3.8, 4) is 11.4 Å². The van der Waals surface area contributed by atoms with Gasteiger partial charge in [-0.15, -0.1) is 0 Å². The summed E-state index contributed by atoms with van der Waals surface area (Å²) < 4.78 is 8.03. The predicted molar refractivity (Wildman–Crippen MR) is 128 cm³/mol.